The van der Waals surface area contributed by atoms with Crippen LogP contribution >= 0.6 is 0 Å². The molecule has 0 radical (unpaired) electrons. The van der Waals surface area contributed by atoms with E-state index in [0.717, 1.165) is 31.6 Å². The first-order valence-corrected chi connectivity index (χ1v) is 5.08. The average Bonchev–Trinajstić information content (AvgIpc) is 2.58. The Labute approximate surface area is 85.0 Å². The predicted octanol–water partition coefficient (Wildman–Crippen LogP) is 0.671. The Hall–Kier alpha value is -0.870. The molecule has 0 aliphatic rings. The van der Waals surface area contributed by atoms with Crippen molar-refractivity contribution in [2.75, 3.05) is 6.54 Å². The Bertz CT molecular complexity index is 260. The van der Waals surface area contributed by atoms with E-state index in [0.29, 0.717) is 0 Å². The molecular formula is C10H19N3O. The van der Waals surface area contributed by atoms with Crippen LogP contribution in [-0.2, 0) is 13.6 Å². The van der Waals surface area contributed by atoms with Crippen molar-refractivity contribution >= 4 is 0 Å². The van der Waals surface area contributed by atoms with E-state index < -0.39 is 0 Å². The van der Waals surface area contributed by atoms with Crippen LogP contribution < -0.4 is 5.32 Å². The second-order valence-corrected chi connectivity index (χ2v) is 3.52. The van der Waals surface area contributed by atoms with Gasteiger partial charge in [-0.1, -0.05) is 6.92 Å². The van der Waals surface area contributed by atoms with Crippen molar-refractivity contribution in [1.82, 2.24) is 14.9 Å². The Morgan fingerprint density at radius 3 is 3.00 bits per heavy atom. The fraction of sp³-hybridized carbons (Fsp3) is 0.700. The molecule has 1 heterocycles. The van der Waals surface area contributed by atoms with Crippen LogP contribution in [0.1, 0.15) is 25.5 Å². The van der Waals surface area contributed by atoms with E-state index in [2.05, 4.69) is 10.3 Å². The molecule has 0 saturated carbocycles. The van der Waals surface area contributed by atoms with Crippen molar-refractivity contribution in [2.24, 2.45) is 7.05 Å². The summed E-state index contributed by atoms with van der Waals surface area (Å²) in [7, 11) is 1.98. The molecule has 14 heavy (non-hydrogen) atoms. The highest BCUT2D eigenvalue weighted by atomic mass is 16.3. The summed E-state index contributed by atoms with van der Waals surface area (Å²) in [5, 5.41) is 12.6. The summed E-state index contributed by atoms with van der Waals surface area (Å²) in [6, 6.07) is 0. The van der Waals surface area contributed by atoms with Crippen LogP contribution in [0, 0.1) is 0 Å². The number of aryl methyl sites for hydroxylation is 1. The molecule has 4 nitrogen and oxygen atoms in total. The zero-order chi connectivity index (χ0) is 10.4. The first-order valence-electron chi connectivity index (χ1n) is 5.08. The van der Waals surface area contributed by atoms with E-state index in [9.17, 15) is 5.11 Å². The molecule has 0 saturated heterocycles. The quantitative estimate of drug-likeness (QED) is 0.659. The van der Waals surface area contributed by atoms with E-state index in [-0.39, 0.29) is 6.10 Å². The lowest BCUT2D eigenvalue weighted by Crippen LogP contribution is -2.20. The van der Waals surface area contributed by atoms with Crippen molar-refractivity contribution < 1.29 is 5.11 Å². The molecule has 1 aromatic heterocycles. The molecule has 0 bridgehead atoms. The molecule has 4 heteroatoms. The molecule has 1 rings (SSSR count). The van der Waals surface area contributed by atoms with Gasteiger partial charge in [0.05, 0.1) is 18.1 Å². The largest absolute Gasteiger partial charge is 0.393 e. The summed E-state index contributed by atoms with van der Waals surface area (Å²) in [6.45, 7) is 3.65. The highest BCUT2D eigenvalue weighted by Gasteiger charge is 2.00. The molecule has 0 spiro atoms. The van der Waals surface area contributed by atoms with Crippen LogP contribution in [0.4, 0.5) is 0 Å². The normalized spacial score (nSPS) is 13.1. The van der Waals surface area contributed by atoms with Crippen molar-refractivity contribution in [2.45, 2.75) is 32.4 Å². The van der Waals surface area contributed by atoms with Gasteiger partial charge >= 0.3 is 0 Å². The second kappa shape index (κ2) is 5.78. The number of hydrogen-bond donors (Lipinski definition) is 2. The molecule has 0 aliphatic heterocycles. The number of imidazole rings is 1. The van der Waals surface area contributed by atoms with E-state index in [4.69, 9.17) is 0 Å². The third-order valence-electron chi connectivity index (χ3n) is 2.35. The minimum absolute atomic E-state index is 0.172. The number of nitrogens with one attached hydrogen (secondary N) is 1. The van der Waals surface area contributed by atoms with Gasteiger partial charge in [-0.2, -0.15) is 0 Å². The van der Waals surface area contributed by atoms with Gasteiger partial charge in [0.15, 0.2) is 0 Å². The van der Waals surface area contributed by atoms with Gasteiger partial charge in [0.2, 0.25) is 0 Å². The van der Waals surface area contributed by atoms with Crippen molar-refractivity contribution in [3.8, 4) is 0 Å². The van der Waals surface area contributed by atoms with Gasteiger partial charge < -0.3 is 15.0 Å². The molecule has 1 unspecified atom stereocenters. The van der Waals surface area contributed by atoms with E-state index in [1.54, 1.807) is 6.33 Å². The van der Waals surface area contributed by atoms with Crippen molar-refractivity contribution in [3.05, 3.63) is 18.2 Å². The number of aliphatic hydroxyl groups excluding tert-OH is 1. The van der Waals surface area contributed by atoms with E-state index >= 15 is 0 Å². The fourth-order valence-corrected chi connectivity index (χ4v) is 1.24. The van der Waals surface area contributed by atoms with Crippen LogP contribution in [0.25, 0.3) is 0 Å². The van der Waals surface area contributed by atoms with Crippen LogP contribution in [0.5, 0.6) is 0 Å². The molecule has 0 fully saturated rings. The predicted molar refractivity (Wildman–Crippen MR) is 55.8 cm³/mol. The summed E-state index contributed by atoms with van der Waals surface area (Å²) < 4.78 is 1.99. The minimum atomic E-state index is -0.172. The molecular weight excluding hydrogens is 178 g/mol. The van der Waals surface area contributed by atoms with Gasteiger partial charge in [-0.25, -0.2) is 4.98 Å². The molecule has 0 amide bonds. The maximum absolute atomic E-state index is 9.31. The molecule has 0 aromatic carbocycles. The number of nitrogens with zero attached hydrogens (tertiary/aromatic N) is 2. The van der Waals surface area contributed by atoms with E-state index in [1.807, 2.05) is 24.7 Å². The average molecular weight is 197 g/mol. The third kappa shape index (κ3) is 3.47. The van der Waals surface area contributed by atoms with Crippen LogP contribution in [-0.4, -0.2) is 27.3 Å². The van der Waals surface area contributed by atoms with E-state index in [1.165, 1.54) is 0 Å². The van der Waals surface area contributed by atoms with Gasteiger partial charge in [-0.05, 0) is 19.4 Å². The fourth-order valence-electron chi connectivity index (χ4n) is 1.24. The van der Waals surface area contributed by atoms with Crippen LogP contribution in [0.15, 0.2) is 12.5 Å². The maximum Gasteiger partial charge on any atom is 0.0945 e. The first-order chi connectivity index (χ1) is 6.74. The number of aromatic nitrogens is 2. The zero-order valence-electron chi connectivity index (χ0n) is 8.90. The SMILES string of the molecule is CCC(O)CCNCc1cncn1C. The lowest BCUT2D eigenvalue weighted by molar-refractivity contribution is 0.159. The monoisotopic (exact) mass is 197 g/mol. The summed E-state index contributed by atoms with van der Waals surface area (Å²) in [5.74, 6) is 0. The van der Waals surface area contributed by atoms with Crippen LogP contribution in [0.3, 0.4) is 0 Å². The Morgan fingerprint density at radius 1 is 1.64 bits per heavy atom. The standard InChI is InChI=1S/C10H19N3O/c1-3-10(14)4-5-11-6-9-7-12-8-13(9)2/h7-8,10-11,14H,3-6H2,1-2H3. The summed E-state index contributed by atoms with van der Waals surface area (Å²) >= 11 is 0. The summed E-state index contributed by atoms with van der Waals surface area (Å²) in [6.07, 6.45) is 5.11. The highest BCUT2D eigenvalue weighted by Crippen LogP contribution is 1.97. The topological polar surface area (TPSA) is 50.1 Å². The lowest BCUT2D eigenvalue weighted by atomic mass is 10.2. The maximum atomic E-state index is 9.31. The van der Waals surface area contributed by atoms with Gasteiger partial charge in [0.1, 0.15) is 0 Å². The molecule has 2 N–H and O–H groups in total. The molecule has 1 aromatic rings. The lowest BCUT2D eigenvalue weighted by Gasteiger charge is -2.08. The number of aliphatic hydroxyl groups is 1. The molecule has 80 valence electrons. The summed E-state index contributed by atoms with van der Waals surface area (Å²) in [4.78, 5) is 4.03. The summed E-state index contributed by atoms with van der Waals surface area (Å²) in [5.41, 5.74) is 1.16. The third-order valence-corrected chi connectivity index (χ3v) is 2.35. The highest BCUT2D eigenvalue weighted by molar-refractivity contribution is 4.96. The molecule has 0 aliphatic carbocycles. The Kier molecular flexibility index (Phi) is 4.62. The Morgan fingerprint density at radius 2 is 2.43 bits per heavy atom. The van der Waals surface area contributed by atoms with Gasteiger partial charge in [-0.3, -0.25) is 0 Å². The number of hydrogen-bond acceptors (Lipinski definition) is 3. The molecule has 1 atom stereocenters. The van der Waals surface area contributed by atoms with Gasteiger partial charge in [-0.15, -0.1) is 0 Å². The second-order valence-electron chi connectivity index (χ2n) is 3.52. The minimum Gasteiger partial charge on any atom is -0.393 e. The number of rotatable bonds is 6. The smallest absolute Gasteiger partial charge is 0.0945 e. The van der Waals surface area contributed by atoms with Crippen LogP contribution in [0.2, 0.25) is 0 Å². The first kappa shape index (κ1) is 11.2. The zero-order valence-corrected chi connectivity index (χ0v) is 8.90. The Balaban J connectivity index is 2.13. The van der Waals surface area contributed by atoms with Gasteiger partial charge in [0.25, 0.3) is 0 Å². The van der Waals surface area contributed by atoms with Gasteiger partial charge in [0, 0.05) is 19.8 Å². The van der Waals surface area contributed by atoms with Crippen molar-refractivity contribution in [3.63, 3.8) is 0 Å². The van der Waals surface area contributed by atoms with Crippen molar-refractivity contribution in [1.29, 1.82) is 0 Å².